The van der Waals surface area contributed by atoms with Crippen LogP contribution in [0.3, 0.4) is 0 Å². The SMILES string of the molecule is CC1CN(CC(=O)NC(C)c2ccc(Br)cc2)CC(C)N1. The zero-order chi connectivity index (χ0) is 15.4. The molecule has 116 valence electrons. The lowest BCUT2D eigenvalue weighted by molar-refractivity contribution is -0.123. The van der Waals surface area contributed by atoms with Gasteiger partial charge in [-0.15, -0.1) is 0 Å². The lowest BCUT2D eigenvalue weighted by Gasteiger charge is -2.35. The summed E-state index contributed by atoms with van der Waals surface area (Å²) in [6, 6.07) is 8.96. The molecular formula is C16H24BrN3O. The smallest absolute Gasteiger partial charge is 0.234 e. The Morgan fingerprint density at radius 2 is 1.90 bits per heavy atom. The Morgan fingerprint density at radius 3 is 2.48 bits per heavy atom. The summed E-state index contributed by atoms with van der Waals surface area (Å²) in [5.74, 6) is 0.0896. The highest BCUT2D eigenvalue weighted by Gasteiger charge is 2.22. The van der Waals surface area contributed by atoms with Crippen LogP contribution >= 0.6 is 15.9 Å². The molecule has 0 radical (unpaired) electrons. The van der Waals surface area contributed by atoms with E-state index in [2.05, 4.69) is 45.3 Å². The maximum absolute atomic E-state index is 12.2. The van der Waals surface area contributed by atoms with Crippen LogP contribution in [0.25, 0.3) is 0 Å². The van der Waals surface area contributed by atoms with E-state index in [1.54, 1.807) is 0 Å². The molecule has 1 aliphatic heterocycles. The van der Waals surface area contributed by atoms with Crippen LogP contribution in [-0.4, -0.2) is 42.5 Å². The molecule has 21 heavy (non-hydrogen) atoms. The fourth-order valence-corrected chi connectivity index (χ4v) is 3.16. The van der Waals surface area contributed by atoms with Gasteiger partial charge in [0.05, 0.1) is 12.6 Å². The minimum absolute atomic E-state index is 0.0309. The highest BCUT2D eigenvalue weighted by atomic mass is 79.9. The van der Waals surface area contributed by atoms with Gasteiger partial charge in [-0.3, -0.25) is 9.69 Å². The molecule has 3 unspecified atom stereocenters. The van der Waals surface area contributed by atoms with E-state index in [0.717, 1.165) is 23.1 Å². The maximum atomic E-state index is 12.2. The number of rotatable bonds is 4. The van der Waals surface area contributed by atoms with E-state index in [4.69, 9.17) is 0 Å². The highest BCUT2D eigenvalue weighted by molar-refractivity contribution is 9.10. The lowest BCUT2D eigenvalue weighted by Crippen LogP contribution is -2.56. The number of nitrogens with zero attached hydrogens (tertiary/aromatic N) is 1. The minimum Gasteiger partial charge on any atom is -0.348 e. The van der Waals surface area contributed by atoms with Crippen molar-refractivity contribution in [2.24, 2.45) is 0 Å². The van der Waals surface area contributed by atoms with Crippen LogP contribution < -0.4 is 10.6 Å². The van der Waals surface area contributed by atoms with Crippen molar-refractivity contribution >= 4 is 21.8 Å². The number of hydrogen-bond donors (Lipinski definition) is 2. The molecule has 1 aromatic carbocycles. The quantitative estimate of drug-likeness (QED) is 0.872. The Balaban J connectivity index is 1.85. The molecule has 0 aliphatic carbocycles. The van der Waals surface area contributed by atoms with Crippen LogP contribution in [0.15, 0.2) is 28.7 Å². The number of hydrogen-bond acceptors (Lipinski definition) is 3. The fourth-order valence-electron chi connectivity index (χ4n) is 2.89. The van der Waals surface area contributed by atoms with Crippen molar-refractivity contribution in [3.63, 3.8) is 0 Å². The summed E-state index contributed by atoms with van der Waals surface area (Å²) in [5, 5.41) is 6.55. The monoisotopic (exact) mass is 353 g/mol. The minimum atomic E-state index is 0.0309. The van der Waals surface area contributed by atoms with Crippen molar-refractivity contribution in [1.29, 1.82) is 0 Å². The molecule has 1 fully saturated rings. The first-order valence-corrected chi connectivity index (χ1v) is 8.26. The highest BCUT2D eigenvalue weighted by Crippen LogP contribution is 2.16. The van der Waals surface area contributed by atoms with Gasteiger partial charge in [0.1, 0.15) is 0 Å². The summed E-state index contributed by atoms with van der Waals surface area (Å²) < 4.78 is 1.05. The molecule has 5 heteroatoms. The molecule has 1 saturated heterocycles. The predicted molar refractivity (Wildman–Crippen MR) is 89.2 cm³/mol. The summed E-state index contributed by atoms with van der Waals surface area (Å²) in [4.78, 5) is 14.4. The summed E-state index contributed by atoms with van der Waals surface area (Å²) in [6.45, 7) is 8.65. The number of halogens is 1. The van der Waals surface area contributed by atoms with Crippen molar-refractivity contribution in [3.8, 4) is 0 Å². The molecule has 1 aliphatic rings. The van der Waals surface area contributed by atoms with E-state index >= 15 is 0 Å². The van der Waals surface area contributed by atoms with Gasteiger partial charge < -0.3 is 10.6 Å². The van der Waals surface area contributed by atoms with Crippen molar-refractivity contribution in [3.05, 3.63) is 34.3 Å². The van der Waals surface area contributed by atoms with Crippen molar-refractivity contribution in [2.45, 2.75) is 38.9 Å². The summed E-state index contributed by atoms with van der Waals surface area (Å²) in [6.07, 6.45) is 0. The third-order valence-electron chi connectivity index (χ3n) is 3.75. The Kier molecular flexibility index (Phi) is 5.79. The maximum Gasteiger partial charge on any atom is 0.234 e. The zero-order valence-electron chi connectivity index (χ0n) is 12.9. The van der Waals surface area contributed by atoms with E-state index < -0.39 is 0 Å². The molecule has 0 spiro atoms. The van der Waals surface area contributed by atoms with Gasteiger partial charge in [0, 0.05) is 29.6 Å². The topological polar surface area (TPSA) is 44.4 Å². The van der Waals surface area contributed by atoms with Gasteiger partial charge >= 0.3 is 0 Å². The van der Waals surface area contributed by atoms with Gasteiger partial charge in [-0.05, 0) is 38.5 Å². The van der Waals surface area contributed by atoms with Crippen LogP contribution in [-0.2, 0) is 4.79 Å². The van der Waals surface area contributed by atoms with Crippen molar-refractivity contribution in [1.82, 2.24) is 15.5 Å². The summed E-state index contributed by atoms with van der Waals surface area (Å²) >= 11 is 3.42. The second-order valence-corrected chi connectivity index (χ2v) is 6.92. The Hall–Kier alpha value is -0.910. The van der Waals surface area contributed by atoms with Gasteiger partial charge in [-0.1, -0.05) is 28.1 Å². The molecule has 1 aromatic rings. The third kappa shape index (κ3) is 5.09. The molecule has 2 rings (SSSR count). The Morgan fingerprint density at radius 1 is 1.33 bits per heavy atom. The predicted octanol–water partition coefficient (Wildman–Crippen LogP) is 2.31. The number of piperazine rings is 1. The summed E-state index contributed by atoms with van der Waals surface area (Å²) in [7, 11) is 0. The van der Waals surface area contributed by atoms with E-state index in [-0.39, 0.29) is 11.9 Å². The largest absolute Gasteiger partial charge is 0.348 e. The molecule has 2 N–H and O–H groups in total. The molecule has 4 nitrogen and oxygen atoms in total. The first-order chi connectivity index (χ1) is 9.94. The molecule has 0 bridgehead atoms. The number of amides is 1. The number of nitrogens with one attached hydrogen (secondary N) is 2. The average molecular weight is 354 g/mol. The van der Waals surface area contributed by atoms with Gasteiger partial charge in [-0.2, -0.15) is 0 Å². The molecule has 0 saturated carbocycles. The van der Waals surface area contributed by atoms with E-state index in [1.165, 1.54) is 0 Å². The van der Waals surface area contributed by atoms with Crippen molar-refractivity contribution in [2.75, 3.05) is 19.6 Å². The molecular weight excluding hydrogens is 330 g/mol. The normalized spacial score (nSPS) is 24.6. The zero-order valence-corrected chi connectivity index (χ0v) is 14.5. The number of carbonyl (C=O) groups excluding carboxylic acids is 1. The van der Waals surface area contributed by atoms with E-state index in [1.807, 2.05) is 31.2 Å². The Labute approximate surface area is 135 Å². The molecule has 3 atom stereocenters. The average Bonchev–Trinajstić information content (AvgIpc) is 2.37. The van der Waals surface area contributed by atoms with E-state index in [9.17, 15) is 4.79 Å². The van der Waals surface area contributed by atoms with Gasteiger partial charge in [0.2, 0.25) is 5.91 Å². The van der Waals surface area contributed by atoms with Gasteiger partial charge in [0.25, 0.3) is 0 Å². The van der Waals surface area contributed by atoms with Crippen LogP contribution in [0.2, 0.25) is 0 Å². The molecule has 0 aromatic heterocycles. The summed E-state index contributed by atoms with van der Waals surface area (Å²) in [5.41, 5.74) is 1.12. The van der Waals surface area contributed by atoms with Crippen molar-refractivity contribution < 1.29 is 4.79 Å². The molecule has 1 heterocycles. The van der Waals surface area contributed by atoms with Crippen LogP contribution in [0.1, 0.15) is 32.4 Å². The van der Waals surface area contributed by atoms with Gasteiger partial charge in [-0.25, -0.2) is 0 Å². The molecule has 1 amide bonds. The Bertz CT molecular complexity index is 467. The second kappa shape index (κ2) is 7.38. The van der Waals surface area contributed by atoms with Gasteiger partial charge in [0.15, 0.2) is 0 Å². The third-order valence-corrected chi connectivity index (χ3v) is 4.28. The first-order valence-electron chi connectivity index (χ1n) is 7.47. The first kappa shape index (κ1) is 16.5. The standard InChI is InChI=1S/C16H24BrN3O/c1-11-8-20(9-12(2)18-11)10-16(21)19-13(3)14-4-6-15(17)7-5-14/h4-7,11-13,18H,8-10H2,1-3H3,(H,19,21). The van der Waals surface area contributed by atoms with Crippen LogP contribution in [0.5, 0.6) is 0 Å². The van der Waals surface area contributed by atoms with E-state index in [0.29, 0.717) is 18.6 Å². The lowest BCUT2D eigenvalue weighted by atomic mass is 10.1. The number of carbonyl (C=O) groups is 1. The van der Waals surface area contributed by atoms with Crippen LogP contribution in [0.4, 0.5) is 0 Å². The fraction of sp³-hybridized carbons (Fsp3) is 0.562. The van der Waals surface area contributed by atoms with Crippen LogP contribution in [0, 0.1) is 0 Å². The second-order valence-electron chi connectivity index (χ2n) is 6.00. The number of benzene rings is 1.